The molecule has 3 N–H and O–H groups in total. The van der Waals surface area contributed by atoms with Gasteiger partial charge in [-0.3, -0.25) is 0 Å². The van der Waals surface area contributed by atoms with Gasteiger partial charge in [0.05, 0.1) is 20.9 Å². The molecule has 4 nitrogen and oxygen atoms in total. The lowest BCUT2D eigenvalue weighted by atomic mass is 10.0. The van der Waals surface area contributed by atoms with Crippen LogP contribution in [0.25, 0.3) is 0 Å². The summed E-state index contributed by atoms with van der Waals surface area (Å²) in [5.41, 5.74) is -1.57. The molecule has 0 aromatic rings. The zero-order valence-corrected chi connectivity index (χ0v) is 7.55. The van der Waals surface area contributed by atoms with Crippen molar-refractivity contribution >= 4 is 9.24 Å². The van der Waals surface area contributed by atoms with Gasteiger partial charge in [-0.2, -0.15) is 0 Å². The van der Waals surface area contributed by atoms with Crippen molar-refractivity contribution < 1.29 is 21.4 Å². The van der Waals surface area contributed by atoms with Crippen molar-refractivity contribution in [3.63, 3.8) is 0 Å². The van der Waals surface area contributed by atoms with Crippen LogP contribution in [0.2, 0.25) is 0 Å². The van der Waals surface area contributed by atoms with Crippen LogP contribution < -0.4 is 0 Å². The van der Waals surface area contributed by atoms with E-state index in [-0.39, 0.29) is 6.61 Å². The molecule has 0 rings (SSSR count). The highest BCUT2D eigenvalue weighted by Gasteiger charge is 2.29. The Morgan fingerprint density at radius 1 is 1.82 bits per heavy atom. The van der Waals surface area contributed by atoms with Crippen LogP contribution in [-0.4, -0.2) is 46.6 Å². The van der Waals surface area contributed by atoms with Crippen LogP contribution in [0.3, 0.4) is 0 Å². The van der Waals surface area contributed by atoms with Crippen molar-refractivity contribution in [2.75, 3.05) is 19.5 Å². The first-order chi connectivity index (χ1) is 5.40. The summed E-state index contributed by atoms with van der Waals surface area (Å²) >= 11 is 0. The molecule has 0 bridgehead atoms. The normalized spacial score (nSPS) is 23.5. The van der Waals surface area contributed by atoms with E-state index in [1.807, 2.05) is 0 Å². The summed E-state index contributed by atoms with van der Waals surface area (Å²) in [6.07, 6.45) is -2.01. The van der Waals surface area contributed by atoms with Crippen LogP contribution in [0.5, 0.6) is 0 Å². The highest BCUT2D eigenvalue weighted by atomic mass is 31.0. The van der Waals surface area contributed by atoms with Gasteiger partial charge < -0.3 is 20.1 Å². The van der Waals surface area contributed by atoms with Gasteiger partial charge in [-0.1, -0.05) is 0 Å². The molecule has 0 aliphatic rings. The van der Waals surface area contributed by atoms with Gasteiger partial charge in [0.2, 0.25) is 0 Å². The Kier molecular flexibility index (Phi) is 4.26. The monoisotopic (exact) mass is 183 g/mol. The number of rotatable bonds is 5. The van der Waals surface area contributed by atoms with Gasteiger partial charge in [-0.15, -0.1) is 9.24 Å². The fourth-order valence-electron chi connectivity index (χ4n) is 0.432. The minimum absolute atomic E-state index is 0.175. The summed E-state index contributed by atoms with van der Waals surface area (Å²) in [5, 5.41) is 27.1. The van der Waals surface area contributed by atoms with E-state index < -0.39 is 24.6 Å². The van der Waals surface area contributed by atoms with Gasteiger partial charge in [0, 0.05) is 0 Å². The molecule has 0 saturated carbocycles. The van der Waals surface area contributed by atoms with Gasteiger partial charge in [-0.05, 0) is 6.92 Å². The second kappa shape index (κ2) is 5.01. The minimum atomic E-state index is -1.57. The lowest BCUT2D eigenvalue weighted by molar-refractivity contribution is -0.115. The highest BCUT2D eigenvalue weighted by Crippen LogP contribution is 2.08. The van der Waals surface area contributed by atoms with Crippen LogP contribution in [0.4, 0.5) is 0 Å². The molecule has 0 spiro atoms. The number of ether oxygens (including phenoxy) is 1. The van der Waals surface area contributed by atoms with Gasteiger partial charge in [-0.25, -0.2) is 0 Å². The zero-order chi connectivity index (χ0) is 9.78. The molecule has 0 saturated heterocycles. The molecule has 0 aliphatic heterocycles. The summed E-state index contributed by atoms with van der Waals surface area (Å²) in [6.45, 7) is 0.574. The molecular formula is C6H15O4P. The molecule has 0 amide bonds. The summed E-state index contributed by atoms with van der Waals surface area (Å²) < 4.78 is 11.6. The van der Waals surface area contributed by atoms with E-state index in [2.05, 4.69) is 9.24 Å². The van der Waals surface area contributed by atoms with Gasteiger partial charge >= 0.3 is 0 Å². The van der Waals surface area contributed by atoms with Crippen LogP contribution in [0, 0.1) is 0 Å². The highest BCUT2D eigenvalue weighted by molar-refractivity contribution is 7.16. The van der Waals surface area contributed by atoms with E-state index in [4.69, 9.17) is 11.2 Å². The van der Waals surface area contributed by atoms with Crippen LogP contribution in [0.1, 0.15) is 8.29 Å². The lowest BCUT2D eigenvalue weighted by Crippen LogP contribution is -2.45. The zero-order valence-electron chi connectivity index (χ0n) is 7.40. The SMILES string of the molecule is [2H]C(P)OC[C@@H](O)[C@@](C)(O)CO. The summed E-state index contributed by atoms with van der Waals surface area (Å²) in [6, 6.07) is 0. The van der Waals surface area contributed by atoms with Crippen molar-refractivity contribution in [3.8, 4) is 0 Å². The maximum atomic E-state index is 9.26. The molecule has 0 fully saturated rings. The lowest BCUT2D eigenvalue weighted by Gasteiger charge is -2.26. The van der Waals surface area contributed by atoms with E-state index in [0.717, 1.165) is 0 Å². The van der Waals surface area contributed by atoms with E-state index in [9.17, 15) is 10.2 Å². The van der Waals surface area contributed by atoms with Gasteiger partial charge in [0.15, 0.2) is 0 Å². The number of hydrogen-bond donors (Lipinski definition) is 3. The molecule has 0 aliphatic carbocycles. The van der Waals surface area contributed by atoms with Crippen LogP contribution >= 0.6 is 9.24 Å². The predicted molar refractivity (Wildman–Crippen MR) is 44.2 cm³/mol. The van der Waals surface area contributed by atoms with Crippen molar-refractivity contribution in [1.82, 2.24) is 0 Å². The summed E-state index contributed by atoms with van der Waals surface area (Å²) in [7, 11) is 2.07. The average Bonchev–Trinajstić information content (AvgIpc) is 2.00. The smallest absolute Gasteiger partial charge is 0.113 e. The minimum Gasteiger partial charge on any atom is -0.393 e. The molecule has 0 aromatic heterocycles. The molecule has 0 heterocycles. The van der Waals surface area contributed by atoms with Crippen LogP contribution in [-0.2, 0) is 4.74 Å². The Morgan fingerprint density at radius 3 is 2.73 bits per heavy atom. The third kappa shape index (κ3) is 3.99. The van der Waals surface area contributed by atoms with Crippen LogP contribution in [0.15, 0.2) is 0 Å². The first-order valence-corrected chi connectivity index (χ1v) is 3.87. The van der Waals surface area contributed by atoms with Crippen molar-refractivity contribution in [3.05, 3.63) is 0 Å². The maximum absolute atomic E-state index is 9.26. The molecule has 5 heteroatoms. The molecular weight excluding hydrogens is 167 g/mol. The molecule has 4 atom stereocenters. The van der Waals surface area contributed by atoms with E-state index in [1.165, 1.54) is 6.92 Å². The molecule has 2 unspecified atom stereocenters. The van der Waals surface area contributed by atoms with E-state index >= 15 is 0 Å². The topological polar surface area (TPSA) is 69.9 Å². The van der Waals surface area contributed by atoms with E-state index in [0.29, 0.717) is 0 Å². The first kappa shape index (κ1) is 9.36. The number of hydrogen-bond acceptors (Lipinski definition) is 4. The Hall–Kier alpha value is 0.270. The largest absolute Gasteiger partial charge is 0.393 e. The van der Waals surface area contributed by atoms with Crippen molar-refractivity contribution in [2.45, 2.75) is 18.6 Å². The molecule has 0 radical (unpaired) electrons. The van der Waals surface area contributed by atoms with Gasteiger partial charge in [0.1, 0.15) is 11.7 Å². The summed E-state index contributed by atoms with van der Waals surface area (Å²) in [5.74, 6) is 0. The molecule has 68 valence electrons. The maximum Gasteiger partial charge on any atom is 0.113 e. The molecule has 11 heavy (non-hydrogen) atoms. The van der Waals surface area contributed by atoms with Gasteiger partial charge in [0.25, 0.3) is 0 Å². The third-order valence-corrected chi connectivity index (χ3v) is 1.58. The van der Waals surface area contributed by atoms with Crippen molar-refractivity contribution in [1.29, 1.82) is 0 Å². The van der Waals surface area contributed by atoms with Crippen molar-refractivity contribution in [2.24, 2.45) is 0 Å². The fourth-order valence-corrected chi connectivity index (χ4v) is 0.543. The Labute approximate surface area is 69.8 Å². The average molecular weight is 183 g/mol. The second-order valence-electron chi connectivity index (χ2n) is 2.50. The quantitative estimate of drug-likeness (QED) is 0.475. The molecule has 0 aromatic carbocycles. The Bertz CT molecular complexity index is 131. The number of aliphatic hydroxyl groups is 3. The second-order valence-corrected chi connectivity index (χ2v) is 2.77. The van der Waals surface area contributed by atoms with E-state index in [1.54, 1.807) is 0 Å². The third-order valence-electron chi connectivity index (χ3n) is 1.39. The Balaban J connectivity index is 3.78. The fraction of sp³-hybridized carbons (Fsp3) is 1.00. The predicted octanol–water partition coefficient (Wildman–Crippen LogP) is -1.06. The Morgan fingerprint density at radius 2 is 2.36 bits per heavy atom. The first-order valence-electron chi connectivity index (χ1n) is 3.78. The standard InChI is InChI=1S/C6H15O4P/c1-6(9,3-7)5(8)2-10-4-11/h5,7-9H,2-4,11H2,1H3/t5-,6+/m1/s1/i4D/t4?,5-,6+. The summed E-state index contributed by atoms with van der Waals surface area (Å²) in [4.78, 5) is 0. The number of aliphatic hydroxyl groups excluding tert-OH is 2.